The van der Waals surface area contributed by atoms with Crippen molar-refractivity contribution in [2.24, 2.45) is 0 Å². The zero-order valence-electron chi connectivity index (χ0n) is 10.2. The van der Waals surface area contributed by atoms with Crippen molar-refractivity contribution in [3.63, 3.8) is 0 Å². The Morgan fingerprint density at radius 2 is 2.21 bits per heavy atom. The number of ether oxygens (including phenoxy) is 1. The predicted octanol–water partition coefficient (Wildman–Crippen LogP) is -0.433. The maximum atomic E-state index is 12.3. The van der Waals surface area contributed by atoms with Crippen LogP contribution < -0.4 is 5.43 Å². The van der Waals surface area contributed by atoms with Gasteiger partial charge in [-0.25, -0.2) is 0 Å². The SMILES string of the molecule is C[C@H]1CO[C@@H]2Cn3cc(C=O)c(=O)c(O)c3C(=O)N12. The Kier molecular flexibility index (Phi) is 2.46. The van der Waals surface area contributed by atoms with E-state index in [1.54, 1.807) is 0 Å². The molecule has 0 spiro atoms. The van der Waals surface area contributed by atoms with E-state index in [2.05, 4.69) is 0 Å². The second kappa shape index (κ2) is 3.92. The van der Waals surface area contributed by atoms with E-state index in [9.17, 15) is 19.5 Å². The summed E-state index contributed by atoms with van der Waals surface area (Å²) in [5.74, 6) is -1.12. The molecule has 0 unspecified atom stereocenters. The molecule has 1 N–H and O–H groups in total. The van der Waals surface area contributed by atoms with Gasteiger partial charge in [-0.2, -0.15) is 0 Å². The normalized spacial score (nSPS) is 25.1. The number of hydrogen-bond acceptors (Lipinski definition) is 5. The van der Waals surface area contributed by atoms with Gasteiger partial charge in [0.15, 0.2) is 24.0 Å². The molecule has 0 saturated carbocycles. The van der Waals surface area contributed by atoms with Crippen LogP contribution in [0.4, 0.5) is 0 Å². The molecule has 7 heteroatoms. The molecule has 0 radical (unpaired) electrons. The average Bonchev–Trinajstić information content (AvgIpc) is 2.75. The molecule has 1 aromatic rings. The number of aromatic hydroxyl groups is 1. The van der Waals surface area contributed by atoms with E-state index in [0.29, 0.717) is 19.4 Å². The number of rotatable bonds is 1. The van der Waals surface area contributed by atoms with Crippen molar-refractivity contribution in [2.45, 2.75) is 25.7 Å². The third-order valence-corrected chi connectivity index (χ3v) is 3.52. The van der Waals surface area contributed by atoms with Gasteiger partial charge >= 0.3 is 0 Å². The Morgan fingerprint density at radius 1 is 1.47 bits per heavy atom. The Morgan fingerprint density at radius 3 is 2.89 bits per heavy atom. The molecule has 1 amide bonds. The number of fused-ring (bicyclic) bond motifs is 2. The summed E-state index contributed by atoms with van der Waals surface area (Å²) in [6.45, 7) is 2.54. The quantitative estimate of drug-likeness (QED) is 0.695. The van der Waals surface area contributed by atoms with Gasteiger partial charge in [-0.3, -0.25) is 14.4 Å². The zero-order valence-corrected chi connectivity index (χ0v) is 10.2. The van der Waals surface area contributed by atoms with Gasteiger partial charge in [0.25, 0.3) is 5.91 Å². The lowest BCUT2D eigenvalue weighted by molar-refractivity contribution is 0.00628. The molecule has 7 nitrogen and oxygen atoms in total. The van der Waals surface area contributed by atoms with Crippen LogP contribution in [0, 0.1) is 0 Å². The van der Waals surface area contributed by atoms with E-state index in [0.717, 1.165) is 0 Å². The maximum absolute atomic E-state index is 12.3. The molecule has 0 aliphatic carbocycles. The van der Waals surface area contributed by atoms with Crippen LogP contribution in [0.1, 0.15) is 27.8 Å². The minimum atomic E-state index is -0.819. The topological polar surface area (TPSA) is 88.8 Å². The van der Waals surface area contributed by atoms with Crippen LogP contribution >= 0.6 is 0 Å². The number of nitrogens with zero attached hydrogens (tertiary/aromatic N) is 2. The van der Waals surface area contributed by atoms with Crippen molar-refractivity contribution < 1.29 is 19.4 Å². The van der Waals surface area contributed by atoms with Crippen molar-refractivity contribution in [1.82, 2.24) is 9.47 Å². The Balaban J connectivity index is 2.21. The molecule has 19 heavy (non-hydrogen) atoms. The molecule has 2 atom stereocenters. The fourth-order valence-corrected chi connectivity index (χ4v) is 2.58. The van der Waals surface area contributed by atoms with Crippen LogP contribution in [0.15, 0.2) is 11.0 Å². The number of aromatic nitrogens is 1. The van der Waals surface area contributed by atoms with Gasteiger partial charge in [0.1, 0.15) is 0 Å². The molecular weight excluding hydrogens is 252 g/mol. The molecule has 1 fully saturated rings. The van der Waals surface area contributed by atoms with Crippen LogP contribution in [0.5, 0.6) is 5.75 Å². The second-order valence-corrected chi connectivity index (χ2v) is 4.73. The highest BCUT2D eigenvalue weighted by molar-refractivity contribution is 5.97. The van der Waals surface area contributed by atoms with Gasteiger partial charge in [0.2, 0.25) is 5.43 Å². The van der Waals surface area contributed by atoms with Crippen LogP contribution in [0.2, 0.25) is 0 Å². The minimum Gasteiger partial charge on any atom is -0.503 e. The number of aldehydes is 1. The summed E-state index contributed by atoms with van der Waals surface area (Å²) in [6, 6.07) is -0.105. The first kappa shape index (κ1) is 11.9. The standard InChI is InChI=1S/C12H12N2O5/c1-6-5-19-8-3-13-2-7(4-15)10(16)11(17)9(13)12(18)14(6)8/h2,4,6,8,17H,3,5H2,1H3/t6-,8+/m0/s1. The summed E-state index contributed by atoms with van der Waals surface area (Å²) < 4.78 is 6.88. The fourth-order valence-electron chi connectivity index (χ4n) is 2.58. The van der Waals surface area contributed by atoms with Crippen molar-refractivity contribution >= 4 is 12.2 Å². The summed E-state index contributed by atoms with van der Waals surface area (Å²) in [7, 11) is 0. The van der Waals surface area contributed by atoms with E-state index in [1.165, 1.54) is 15.7 Å². The Hall–Kier alpha value is -2.15. The molecule has 100 valence electrons. The Bertz CT molecular complexity index is 636. The fraction of sp³-hybridized carbons (Fsp3) is 0.417. The second-order valence-electron chi connectivity index (χ2n) is 4.73. The van der Waals surface area contributed by atoms with Crippen LogP contribution in [-0.2, 0) is 11.3 Å². The van der Waals surface area contributed by atoms with E-state index in [1.807, 2.05) is 6.92 Å². The van der Waals surface area contributed by atoms with E-state index < -0.39 is 23.3 Å². The van der Waals surface area contributed by atoms with E-state index >= 15 is 0 Å². The van der Waals surface area contributed by atoms with Gasteiger partial charge in [-0.05, 0) is 6.92 Å². The number of amides is 1. The lowest BCUT2D eigenvalue weighted by Gasteiger charge is -2.33. The third-order valence-electron chi connectivity index (χ3n) is 3.52. The highest BCUT2D eigenvalue weighted by Crippen LogP contribution is 2.29. The molecule has 2 aliphatic rings. The molecular formula is C12H12N2O5. The first-order valence-corrected chi connectivity index (χ1v) is 5.90. The van der Waals surface area contributed by atoms with Crippen molar-refractivity contribution in [2.75, 3.05) is 6.61 Å². The third kappa shape index (κ3) is 1.51. The van der Waals surface area contributed by atoms with Crippen molar-refractivity contribution in [3.05, 3.63) is 27.7 Å². The van der Waals surface area contributed by atoms with Crippen LogP contribution in [-0.4, -0.2) is 45.6 Å². The van der Waals surface area contributed by atoms with E-state index in [-0.39, 0.29) is 17.3 Å². The maximum Gasteiger partial charge on any atom is 0.276 e. The monoisotopic (exact) mass is 264 g/mol. The molecule has 0 bridgehead atoms. The number of hydrogen-bond donors (Lipinski definition) is 1. The molecule has 3 heterocycles. The van der Waals surface area contributed by atoms with Crippen LogP contribution in [0.3, 0.4) is 0 Å². The highest BCUT2D eigenvalue weighted by Gasteiger charge is 2.42. The van der Waals surface area contributed by atoms with Crippen molar-refractivity contribution in [1.29, 1.82) is 0 Å². The lowest BCUT2D eigenvalue weighted by atomic mass is 10.1. The summed E-state index contributed by atoms with van der Waals surface area (Å²) in [5, 5.41) is 9.85. The van der Waals surface area contributed by atoms with E-state index in [4.69, 9.17) is 4.74 Å². The van der Waals surface area contributed by atoms with Gasteiger partial charge < -0.3 is 19.3 Å². The van der Waals surface area contributed by atoms with Crippen LogP contribution in [0.25, 0.3) is 0 Å². The number of carbonyl (C=O) groups excluding carboxylic acids is 2. The number of carbonyl (C=O) groups is 2. The summed E-state index contributed by atoms with van der Waals surface area (Å²) >= 11 is 0. The predicted molar refractivity (Wildman–Crippen MR) is 63.1 cm³/mol. The minimum absolute atomic E-state index is 0.0794. The molecule has 1 saturated heterocycles. The molecule has 0 aromatic carbocycles. The van der Waals surface area contributed by atoms with Gasteiger partial charge in [0, 0.05) is 6.20 Å². The summed E-state index contributed by atoms with van der Waals surface area (Å²) in [6.07, 6.45) is 1.23. The largest absolute Gasteiger partial charge is 0.503 e. The highest BCUT2D eigenvalue weighted by atomic mass is 16.5. The first-order valence-electron chi connectivity index (χ1n) is 5.90. The van der Waals surface area contributed by atoms with Gasteiger partial charge in [-0.15, -0.1) is 0 Å². The van der Waals surface area contributed by atoms with Crippen molar-refractivity contribution in [3.8, 4) is 5.75 Å². The number of pyridine rings is 1. The smallest absolute Gasteiger partial charge is 0.276 e. The van der Waals surface area contributed by atoms with Gasteiger partial charge in [-0.1, -0.05) is 0 Å². The van der Waals surface area contributed by atoms with Gasteiger partial charge in [0.05, 0.1) is 24.8 Å². The summed E-state index contributed by atoms with van der Waals surface area (Å²) in [5.41, 5.74) is -1.07. The lowest BCUT2D eigenvalue weighted by Crippen LogP contribution is -2.48. The Labute approximate surface area is 108 Å². The first-order chi connectivity index (χ1) is 9.04. The molecule has 1 aromatic heterocycles. The molecule has 2 aliphatic heterocycles. The molecule has 3 rings (SSSR count). The average molecular weight is 264 g/mol. The zero-order chi connectivity index (χ0) is 13.7. The summed E-state index contributed by atoms with van der Waals surface area (Å²) in [4.78, 5) is 36.3.